The number of fused-ring (bicyclic) bond motifs is 2. The average molecular weight is 513 g/mol. The zero-order chi connectivity index (χ0) is 25.8. The van der Waals surface area contributed by atoms with Gasteiger partial charge in [0, 0.05) is 29.2 Å². The van der Waals surface area contributed by atoms with Crippen molar-refractivity contribution in [1.82, 2.24) is 34.3 Å². The molecule has 0 saturated heterocycles. The summed E-state index contributed by atoms with van der Waals surface area (Å²) in [6.45, 7) is 0. The van der Waals surface area contributed by atoms with Gasteiger partial charge in [0.2, 0.25) is 0 Å². The lowest BCUT2D eigenvalue weighted by molar-refractivity contribution is -0.0445. The quantitative estimate of drug-likeness (QED) is 0.294. The number of ether oxygens (including phenoxy) is 2. The highest BCUT2D eigenvalue weighted by Gasteiger charge is 2.15. The first-order valence-corrected chi connectivity index (χ1v) is 10.7. The van der Waals surface area contributed by atoms with Crippen molar-refractivity contribution in [3.63, 3.8) is 0 Å². The van der Waals surface area contributed by atoms with E-state index in [-0.39, 0.29) is 11.3 Å². The SMILES string of the molecule is COc1cc2ncnc(Nc3cccc(Cl)c3)c2cc1OC.Cn1nnc2c(C(O)O)ncn2c1=O. The molecule has 14 heteroatoms. The van der Waals surface area contributed by atoms with E-state index < -0.39 is 12.0 Å². The number of benzene rings is 2. The van der Waals surface area contributed by atoms with Gasteiger partial charge in [0.15, 0.2) is 23.4 Å². The molecule has 0 fully saturated rings. The van der Waals surface area contributed by atoms with Gasteiger partial charge in [0.05, 0.1) is 19.7 Å². The van der Waals surface area contributed by atoms with Crippen molar-refractivity contribution in [2.45, 2.75) is 6.29 Å². The van der Waals surface area contributed by atoms with Crippen LogP contribution >= 0.6 is 11.6 Å². The lowest BCUT2D eigenvalue weighted by atomic mass is 10.2. The minimum atomic E-state index is -1.76. The molecule has 0 radical (unpaired) electrons. The molecule has 3 aromatic heterocycles. The van der Waals surface area contributed by atoms with Crippen LogP contribution in [0.1, 0.15) is 12.0 Å². The average Bonchev–Trinajstić information content (AvgIpc) is 3.31. The third-order valence-electron chi connectivity index (χ3n) is 5.00. The normalized spacial score (nSPS) is 10.9. The Morgan fingerprint density at radius 1 is 1.06 bits per heavy atom. The monoisotopic (exact) mass is 512 g/mol. The number of aliphatic hydroxyl groups is 2. The molecule has 36 heavy (non-hydrogen) atoms. The van der Waals surface area contributed by atoms with Crippen molar-refractivity contribution < 1.29 is 19.7 Å². The summed E-state index contributed by atoms with van der Waals surface area (Å²) in [6.07, 6.45) is 0.906. The number of anilines is 2. The van der Waals surface area contributed by atoms with Crippen LogP contribution in [0.5, 0.6) is 11.5 Å². The number of aromatic nitrogens is 7. The Bertz CT molecular complexity index is 1590. The lowest BCUT2D eigenvalue weighted by Gasteiger charge is -2.12. The predicted octanol–water partition coefficient (Wildman–Crippen LogP) is 1.85. The van der Waals surface area contributed by atoms with E-state index in [0.717, 1.165) is 25.7 Å². The molecule has 0 aliphatic heterocycles. The minimum absolute atomic E-state index is 0.0445. The Morgan fingerprint density at radius 2 is 1.81 bits per heavy atom. The van der Waals surface area contributed by atoms with Gasteiger partial charge in [0.1, 0.15) is 24.2 Å². The topological polar surface area (TPSA) is 162 Å². The van der Waals surface area contributed by atoms with Crippen LogP contribution in [-0.2, 0) is 7.05 Å². The van der Waals surface area contributed by atoms with E-state index in [1.54, 1.807) is 14.2 Å². The van der Waals surface area contributed by atoms with Crippen LogP contribution in [0.15, 0.2) is 53.8 Å². The summed E-state index contributed by atoms with van der Waals surface area (Å²) in [6, 6.07) is 11.1. The van der Waals surface area contributed by atoms with E-state index in [9.17, 15) is 4.79 Å². The summed E-state index contributed by atoms with van der Waals surface area (Å²) < 4.78 is 12.7. The number of aryl methyl sites for hydroxylation is 1. The second kappa shape index (κ2) is 10.5. The van der Waals surface area contributed by atoms with Crippen molar-refractivity contribution in [3.05, 3.63) is 70.3 Å². The summed E-state index contributed by atoms with van der Waals surface area (Å²) in [5.74, 6) is 1.93. The van der Waals surface area contributed by atoms with E-state index in [1.807, 2.05) is 36.4 Å². The maximum atomic E-state index is 11.4. The molecule has 0 aliphatic carbocycles. The maximum absolute atomic E-state index is 11.4. The Labute approximate surface area is 208 Å². The number of halogens is 1. The van der Waals surface area contributed by atoms with E-state index in [1.165, 1.54) is 19.7 Å². The van der Waals surface area contributed by atoms with Gasteiger partial charge in [-0.25, -0.2) is 24.1 Å². The molecule has 0 aliphatic rings. The second-order valence-corrected chi connectivity index (χ2v) is 7.71. The number of nitrogens with one attached hydrogen (secondary N) is 1. The largest absolute Gasteiger partial charge is 0.493 e. The third-order valence-corrected chi connectivity index (χ3v) is 5.23. The van der Waals surface area contributed by atoms with Gasteiger partial charge in [-0.05, 0) is 24.3 Å². The van der Waals surface area contributed by atoms with E-state index >= 15 is 0 Å². The fraction of sp³-hybridized carbons (Fsp3) is 0.182. The van der Waals surface area contributed by atoms with Crippen LogP contribution < -0.4 is 20.5 Å². The van der Waals surface area contributed by atoms with Gasteiger partial charge in [0.25, 0.3) is 0 Å². The molecular formula is C22H21ClN8O5. The molecule has 5 aromatic rings. The molecule has 0 bridgehead atoms. The number of hydrogen-bond donors (Lipinski definition) is 3. The smallest absolute Gasteiger partial charge is 0.352 e. The Kier molecular flexibility index (Phi) is 7.24. The predicted molar refractivity (Wildman–Crippen MR) is 131 cm³/mol. The third kappa shape index (κ3) is 5.02. The fourth-order valence-corrected chi connectivity index (χ4v) is 3.46. The molecular weight excluding hydrogens is 492 g/mol. The summed E-state index contributed by atoms with van der Waals surface area (Å²) in [5.41, 5.74) is 1.12. The minimum Gasteiger partial charge on any atom is -0.493 e. The van der Waals surface area contributed by atoms with Crippen molar-refractivity contribution >= 4 is 39.7 Å². The fourth-order valence-electron chi connectivity index (χ4n) is 3.27. The number of imidazole rings is 1. The van der Waals surface area contributed by atoms with Crippen LogP contribution in [0.4, 0.5) is 11.5 Å². The number of methoxy groups -OCH3 is 2. The van der Waals surface area contributed by atoms with E-state index in [2.05, 4.69) is 30.6 Å². The summed E-state index contributed by atoms with van der Waals surface area (Å²) in [5, 5.41) is 29.6. The molecule has 0 spiro atoms. The van der Waals surface area contributed by atoms with Gasteiger partial charge in [-0.3, -0.25) is 0 Å². The molecule has 186 valence electrons. The highest BCUT2D eigenvalue weighted by molar-refractivity contribution is 6.30. The first-order chi connectivity index (χ1) is 17.3. The van der Waals surface area contributed by atoms with Crippen LogP contribution in [0.2, 0.25) is 5.02 Å². The summed E-state index contributed by atoms with van der Waals surface area (Å²) >= 11 is 6.01. The number of hydrogen-bond acceptors (Lipinski definition) is 11. The molecule has 3 N–H and O–H groups in total. The highest BCUT2D eigenvalue weighted by Crippen LogP contribution is 2.34. The lowest BCUT2D eigenvalue weighted by Crippen LogP contribution is -2.27. The van der Waals surface area contributed by atoms with E-state index in [0.29, 0.717) is 22.3 Å². The van der Waals surface area contributed by atoms with Crippen molar-refractivity contribution in [3.8, 4) is 11.5 Å². The van der Waals surface area contributed by atoms with E-state index in [4.69, 9.17) is 31.3 Å². The van der Waals surface area contributed by atoms with Gasteiger partial charge in [-0.2, -0.15) is 4.68 Å². The number of rotatable bonds is 5. The van der Waals surface area contributed by atoms with Gasteiger partial charge < -0.3 is 25.0 Å². The van der Waals surface area contributed by atoms with Crippen LogP contribution in [-0.4, -0.2) is 58.8 Å². The summed E-state index contributed by atoms with van der Waals surface area (Å²) in [4.78, 5) is 23.6. The van der Waals surface area contributed by atoms with Gasteiger partial charge in [-0.15, -0.1) is 5.10 Å². The Hall–Kier alpha value is -4.33. The Morgan fingerprint density at radius 3 is 2.50 bits per heavy atom. The number of nitrogens with zero attached hydrogens (tertiary/aromatic N) is 7. The zero-order valence-corrected chi connectivity index (χ0v) is 20.1. The van der Waals surface area contributed by atoms with Crippen LogP contribution in [0.3, 0.4) is 0 Å². The molecule has 0 unspecified atom stereocenters. The second-order valence-electron chi connectivity index (χ2n) is 7.27. The van der Waals surface area contributed by atoms with Crippen molar-refractivity contribution in [1.29, 1.82) is 0 Å². The van der Waals surface area contributed by atoms with Crippen LogP contribution in [0.25, 0.3) is 16.6 Å². The van der Waals surface area contributed by atoms with Crippen LogP contribution in [0, 0.1) is 0 Å². The van der Waals surface area contributed by atoms with Crippen molar-refractivity contribution in [2.24, 2.45) is 7.05 Å². The standard InChI is InChI=1S/C16H14ClN3O2.C6H7N5O3/c1-21-14-7-12-13(8-15(14)22-2)18-9-19-16(12)20-11-5-3-4-10(17)6-11;1-10-6(14)11-2-7-3(5(12)13)4(11)8-9-10/h3-9H,1-2H3,(H,18,19,20);2,5,12-13H,1H3. The maximum Gasteiger partial charge on any atom is 0.352 e. The van der Waals surface area contributed by atoms with Gasteiger partial charge >= 0.3 is 5.69 Å². The zero-order valence-electron chi connectivity index (χ0n) is 19.3. The van der Waals surface area contributed by atoms with Gasteiger partial charge in [-0.1, -0.05) is 22.9 Å². The number of aliphatic hydroxyl groups excluding tert-OH is 1. The first kappa shape index (κ1) is 24.8. The summed E-state index contributed by atoms with van der Waals surface area (Å²) in [7, 11) is 4.62. The molecule has 0 saturated carbocycles. The molecule has 13 nitrogen and oxygen atoms in total. The highest BCUT2D eigenvalue weighted by atomic mass is 35.5. The molecule has 0 amide bonds. The molecule has 3 heterocycles. The molecule has 2 aromatic carbocycles. The van der Waals surface area contributed by atoms with Crippen molar-refractivity contribution in [2.75, 3.05) is 19.5 Å². The Balaban J connectivity index is 0.000000187. The first-order valence-electron chi connectivity index (χ1n) is 10.3. The molecule has 0 atom stereocenters. The molecule has 5 rings (SSSR count).